The highest BCUT2D eigenvalue weighted by atomic mass is 16.4. The predicted molar refractivity (Wildman–Crippen MR) is 71.8 cm³/mol. The summed E-state index contributed by atoms with van der Waals surface area (Å²) in [6.07, 6.45) is -0.0308. The topological polar surface area (TPSA) is 50.2 Å². The van der Waals surface area contributed by atoms with Crippen molar-refractivity contribution in [3.05, 3.63) is 41.6 Å². The van der Waals surface area contributed by atoms with Crippen molar-refractivity contribution in [1.29, 1.82) is 0 Å². The number of nitrogens with zero attached hydrogens (tertiary/aromatic N) is 1. The van der Waals surface area contributed by atoms with Gasteiger partial charge in [0.05, 0.1) is 17.6 Å². The molecule has 0 aliphatic rings. The Morgan fingerprint density at radius 2 is 1.94 bits per heavy atom. The Balaban J connectivity index is 2.45. The van der Waals surface area contributed by atoms with Crippen LogP contribution < -0.4 is 0 Å². The number of pyridine rings is 1. The first kappa shape index (κ1) is 12.6. The maximum absolute atomic E-state index is 10.7. The number of hydrogen-bond donors (Lipinski definition) is 1. The number of carboxylic acids is 1. The first-order valence-electron chi connectivity index (χ1n) is 5.98. The van der Waals surface area contributed by atoms with E-state index in [4.69, 9.17) is 5.11 Å². The molecule has 1 aromatic carbocycles. The van der Waals surface area contributed by atoms with E-state index in [0.29, 0.717) is 5.69 Å². The Kier molecular flexibility index (Phi) is 3.07. The monoisotopic (exact) mass is 243 g/mol. The summed E-state index contributed by atoms with van der Waals surface area (Å²) in [5, 5.41) is 9.80. The fourth-order valence-corrected chi connectivity index (χ4v) is 1.89. The van der Waals surface area contributed by atoms with Crippen LogP contribution in [0, 0.1) is 0 Å². The molecule has 0 spiro atoms. The summed E-state index contributed by atoms with van der Waals surface area (Å²) in [7, 11) is 0. The molecule has 0 unspecified atom stereocenters. The van der Waals surface area contributed by atoms with Gasteiger partial charge in [0.1, 0.15) is 0 Å². The minimum Gasteiger partial charge on any atom is -0.481 e. The third-order valence-electron chi connectivity index (χ3n) is 2.95. The molecule has 0 saturated carbocycles. The lowest BCUT2D eigenvalue weighted by molar-refractivity contribution is -0.136. The molecule has 0 saturated heterocycles. The second-order valence-corrected chi connectivity index (χ2v) is 5.53. The van der Waals surface area contributed by atoms with E-state index < -0.39 is 5.97 Å². The molecule has 1 N–H and O–H groups in total. The van der Waals surface area contributed by atoms with E-state index in [1.807, 2.05) is 12.1 Å². The van der Waals surface area contributed by atoms with Crippen molar-refractivity contribution in [3.8, 4) is 0 Å². The average molecular weight is 243 g/mol. The number of hydrogen-bond acceptors (Lipinski definition) is 2. The predicted octanol–water partition coefficient (Wildman–Crippen LogP) is 3.16. The van der Waals surface area contributed by atoms with Gasteiger partial charge in [0.2, 0.25) is 0 Å². The lowest BCUT2D eigenvalue weighted by atomic mass is 9.86. The number of benzene rings is 1. The number of aliphatic carboxylic acids is 1. The molecular formula is C15H17NO2. The zero-order valence-corrected chi connectivity index (χ0v) is 10.9. The molecule has 1 aromatic heterocycles. The number of rotatable bonds is 2. The summed E-state index contributed by atoms with van der Waals surface area (Å²) < 4.78 is 0. The average Bonchev–Trinajstić information content (AvgIpc) is 2.26. The molecular weight excluding hydrogens is 226 g/mol. The minimum atomic E-state index is -0.854. The van der Waals surface area contributed by atoms with Crippen molar-refractivity contribution in [2.45, 2.75) is 32.6 Å². The molecule has 0 atom stereocenters. The van der Waals surface area contributed by atoms with Crippen molar-refractivity contribution < 1.29 is 9.90 Å². The lowest BCUT2D eigenvalue weighted by Gasteiger charge is -2.19. The third-order valence-corrected chi connectivity index (χ3v) is 2.95. The van der Waals surface area contributed by atoms with Crippen LogP contribution >= 0.6 is 0 Å². The molecule has 2 aromatic rings. The van der Waals surface area contributed by atoms with Gasteiger partial charge < -0.3 is 5.11 Å². The molecule has 94 valence electrons. The second-order valence-electron chi connectivity index (χ2n) is 5.53. The molecule has 0 radical (unpaired) electrons. The number of aromatic nitrogens is 1. The van der Waals surface area contributed by atoms with E-state index >= 15 is 0 Å². The summed E-state index contributed by atoms with van der Waals surface area (Å²) in [4.78, 5) is 15.0. The molecule has 0 amide bonds. The molecule has 0 bridgehead atoms. The van der Waals surface area contributed by atoms with E-state index in [1.165, 1.54) is 5.56 Å². The van der Waals surface area contributed by atoms with Crippen molar-refractivity contribution in [2.24, 2.45) is 0 Å². The molecule has 0 fully saturated rings. The van der Waals surface area contributed by atoms with Crippen molar-refractivity contribution in [1.82, 2.24) is 4.98 Å². The standard InChI is InChI=1S/C15H17NO2/c1-15(2,3)11-5-7-13-10(8-11)4-6-12(16-13)9-14(17)18/h4-8H,9H2,1-3H3,(H,17,18). The van der Waals surface area contributed by atoms with Crippen LogP contribution in [0.5, 0.6) is 0 Å². The van der Waals surface area contributed by atoms with Gasteiger partial charge >= 0.3 is 5.97 Å². The Bertz CT molecular complexity index is 597. The summed E-state index contributed by atoms with van der Waals surface area (Å²) in [5.74, 6) is -0.854. The van der Waals surface area contributed by atoms with E-state index in [9.17, 15) is 4.79 Å². The highest BCUT2D eigenvalue weighted by Gasteiger charge is 2.14. The van der Waals surface area contributed by atoms with Crippen LogP contribution in [0.15, 0.2) is 30.3 Å². The Hall–Kier alpha value is -1.90. The zero-order chi connectivity index (χ0) is 13.3. The van der Waals surface area contributed by atoms with Crippen LogP contribution in [0.3, 0.4) is 0 Å². The molecule has 0 aliphatic heterocycles. The molecule has 0 aliphatic carbocycles. The number of fused-ring (bicyclic) bond motifs is 1. The molecule has 3 nitrogen and oxygen atoms in total. The molecule has 1 heterocycles. The van der Waals surface area contributed by atoms with E-state index in [2.05, 4.69) is 37.9 Å². The fourth-order valence-electron chi connectivity index (χ4n) is 1.89. The highest BCUT2D eigenvalue weighted by Crippen LogP contribution is 2.25. The number of carboxylic acid groups (broad SMARTS) is 1. The summed E-state index contributed by atoms with van der Waals surface area (Å²) >= 11 is 0. The molecule has 18 heavy (non-hydrogen) atoms. The van der Waals surface area contributed by atoms with Crippen LogP contribution in [0.1, 0.15) is 32.0 Å². The van der Waals surface area contributed by atoms with E-state index in [0.717, 1.165) is 10.9 Å². The van der Waals surface area contributed by atoms with Gasteiger partial charge in [-0.3, -0.25) is 9.78 Å². The maximum Gasteiger partial charge on any atom is 0.309 e. The zero-order valence-electron chi connectivity index (χ0n) is 10.9. The van der Waals surface area contributed by atoms with Gasteiger partial charge in [-0.2, -0.15) is 0 Å². The quantitative estimate of drug-likeness (QED) is 0.881. The lowest BCUT2D eigenvalue weighted by Crippen LogP contribution is -2.10. The van der Waals surface area contributed by atoms with Crippen LogP contribution in [0.2, 0.25) is 0 Å². The molecule has 3 heteroatoms. The fraction of sp³-hybridized carbons (Fsp3) is 0.333. The van der Waals surface area contributed by atoms with Crippen LogP contribution in [-0.4, -0.2) is 16.1 Å². The number of carbonyl (C=O) groups is 1. The van der Waals surface area contributed by atoms with Gasteiger partial charge in [0.25, 0.3) is 0 Å². The largest absolute Gasteiger partial charge is 0.481 e. The van der Waals surface area contributed by atoms with Gasteiger partial charge in [0.15, 0.2) is 0 Å². The van der Waals surface area contributed by atoms with Crippen molar-refractivity contribution in [2.75, 3.05) is 0 Å². The molecule has 2 rings (SSSR count). The van der Waals surface area contributed by atoms with Gasteiger partial charge in [-0.05, 0) is 29.2 Å². The van der Waals surface area contributed by atoms with Crippen LogP contribution in [0.25, 0.3) is 10.9 Å². The van der Waals surface area contributed by atoms with Crippen LogP contribution in [-0.2, 0) is 16.6 Å². The minimum absolute atomic E-state index is 0.0308. The van der Waals surface area contributed by atoms with Gasteiger partial charge in [0, 0.05) is 5.39 Å². The van der Waals surface area contributed by atoms with Crippen molar-refractivity contribution in [3.63, 3.8) is 0 Å². The van der Waals surface area contributed by atoms with Gasteiger partial charge in [-0.1, -0.05) is 32.9 Å². The first-order chi connectivity index (χ1) is 8.36. The summed E-state index contributed by atoms with van der Waals surface area (Å²) in [6.45, 7) is 6.50. The third kappa shape index (κ3) is 2.67. The second kappa shape index (κ2) is 4.41. The summed E-state index contributed by atoms with van der Waals surface area (Å²) in [6, 6.07) is 9.85. The van der Waals surface area contributed by atoms with Gasteiger partial charge in [-0.15, -0.1) is 0 Å². The summed E-state index contributed by atoms with van der Waals surface area (Å²) in [5.41, 5.74) is 2.80. The van der Waals surface area contributed by atoms with E-state index in [1.54, 1.807) is 6.07 Å². The Morgan fingerprint density at radius 3 is 2.56 bits per heavy atom. The van der Waals surface area contributed by atoms with Crippen LogP contribution in [0.4, 0.5) is 0 Å². The Morgan fingerprint density at radius 1 is 1.22 bits per heavy atom. The highest BCUT2D eigenvalue weighted by molar-refractivity contribution is 5.80. The van der Waals surface area contributed by atoms with Crippen molar-refractivity contribution >= 4 is 16.9 Å². The normalized spacial score (nSPS) is 11.7. The van der Waals surface area contributed by atoms with E-state index in [-0.39, 0.29) is 11.8 Å². The smallest absolute Gasteiger partial charge is 0.309 e. The Labute approximate surface area is 106 Å². The first-order valence-corrected chi connectivity index (χ1v) is 5.98. The maximum atomic E-state index is 10.7. The SMILES string of the molecule is CC(C)(C)c1ccc2nc(CC(=O)O)ccc2c1. The van der Waals surface area contributed by atoms with Gasteiger partial charge in [-0.25, -0.2) is 0 Å².